The summed E-state index contributed by atoms with van der Waals surface area (Å²) < 4.78 is 0. The van der Waals surface area contributed by atoms with Crippen LogP contribution in [-0.2, 0) is 17.6 Å². The maximum atomic E-state index is 11.6. The van der Waals surface area contributed by atoms with Crippen LogP contribution in [0.4, 0.5) is 5.82 Å². The van der Waals surface area contributed by atoms with Gasteiger partial charge in [0.25, 0.3) is 0 Å². The molecule has 1 fully saturated rings. The van der Waals surface area contributed by atoms with E-state index in [0.717, 1.165) is 68.0 Å². The normalized spacial score (nSPS) is 19.1. The van der Waals surface area contributed by atoms with Gasteiger partial charge >= 0.3 is 5.97 Å². The Balaban J connectivity index is 1.36. The lowest BCUT2D eigenvalue weighted by Crippen LogP contribution is -2.28. The molecule has 186 valence electrons. The number of likely N-dealkylation sites (tertiary alicyclic amines) is 1. The Kier molecular flexibility index (Phi) is 8.18. The number of aromatic nitrogens is 1. The molecule has 2 atom stereocenters. The zero-order chi connectivity index (χ0) is 24.8. The van der Waals surface area contributed by atoms with Gasteiger partial charge in [0.1, 0.15) is 5.82 Å². The molecule has 7 heteroatoms. The van der Waals surface area contributed by atoms with Crippen molar-refractivity contribution in [1.82, 2.24) is 9.88 Å². The molecule has 4 rings (SSSR count). The molecule has 2 aromatic rings. The molecule has 35 heavy (non-hydrogen) atoms. The largest absolute Gasteiger partial charge is 0.481 e. The van der Waals surface area contributed by atoms with Gasteiger partial charge < -0.3 is 26.5 Å². The van der Waals surface area contributed by atoms with Gasteiger partial charge in [-0.1, -0.05) is 24.3 Å². The Hall–Kier alpha value is -3.19. The molecule has 7 nitrogen and oxygen atoms in total. The molecule has 1 aromatic heterocycles. The maximum Gasteiger partial charge on any atom is 0.304 e. The number of fused-ring (bicyclic) bond motifs is 1. The molecule has 0 aliphatic carbocycles. The van der Waals surface area contributed by atoms with Gasteiger partial charge in [-0.05, 0) is 86.4 Å². The molecule has 3 heterocycles. The van der Waals surface area contributed by atoms with Crippen molar-refractivity contribution in [3.63, 3.8) is 0 Å². The number of nitrogens with two attached hydrogens (primary N) is 1. The molecule has 1 aromatic carbocycles. The molecule has 0 saturated carbocycles. The summed E-state index contributed by atoms with van der Waals surface area (Å²) in [7, 11) is 0. The first-order valence-electron chi connectivity index (χ1n) is 12.7. The average molecular weight is 476 g/mol. The maximum absolute atomic E-state index is 11.6. The van der Waals surface area contributed by atoms with Gasteiger partial charge in [0.15, 0.2) is 0 Å². The van der Waals surface area contributed by atoms with E-state index in [4.69, 9.17) is 16.1 Å². The highest BCUT2D eigenvalue weighted by Crippen LogP contribution is 2.28. The number of nitrogens with zero attached hydrogens (tertiary/aromatic N) is 2. The third kappa shape index (κ3) is 6.92. The first-order valence-corrected chi connectivity index (χ1v) is 12.7. The summed E-state index contributed by atoms with van der Waals surface area (Å²) >= 11 is 0. The van der Waals surface area contributed by atoms with Crippen molar-refractivity contribution in [1.29, 1.82) is 5.41 Å². The Morgan fingerprint density at radius 3 is 3.03 bits per heavy atom. The van der Waals surface area contributed by atoms with E-state index in [0.29, 0.717) is 23.9 Å². The van der Waals surface area contributed by atoms with Gasteiger partial charge in [-0.2, -0.15) is 0 Å². The molecule has 1 saturated heterocycles. The fraction of sp³-hybridized carbons (Fsp3) is 0.464. The fourth-order valence-electron chi connectivity index (χ4n) is 5.26. The fourth-order valence-corrected chi connectivity index (χ4v) is 5.26. The number of aliphatic carboxylic acids is 1. The quantitative estimate of drug-likeness (QED) is 0.383. The van der Waals surface area contributed by atoms with Crippen molar-refractivity contribution in [3.8, 4) is 0 Å². The molecule has 5 N–H and O–H groups in total. The monoisotopic (exact) mass is 475 g/mol. The van der Waals surface area contributed by atoms with E-state index in [1.54, 1.807) is 13.0 Å². The van der Waals surface area contributed by atoms with Crippen molar-refractivity contribution in [2.75, 3.05) is 31.5 Å². The molecule has 0 bridgehead atoms. The number of allylic oxidation sites excluding steroid dienone is 2. The topological polar surface area (TPSA) is 115 Å². The summed E-state index contributed by atoms with van der Waals surface area (Å²) in [6.07, 6.45) is 7.20. The van der Waals surface area contributed by atoms with Gasteiger partial charge in [0, 0.05) is 36.9 Å². The predicted octanol–water partition coefficient (Wildman–Crippen LogP) is 4.18. The van der Waals surface area contributed by atoms with Crippen LogP contribution in [0.1, 0.15) is 60.9 Å². The Morgan fingerprint density at radius 2 is 2.23 bits per heavy atom. The smallest absolute Gasteiger partial charge is 0.304 e. The van der Waals surface area contributed by atoms with Crippen LogP contribution in [-0.4, -0.2) is 52.9 Å². The molecule has 2 aliphatic heterocycles. The second-order valence-corrected chi connectivity index (χ2v) is 10.0. The summed E-state index contributed by atoms with van der Waals surface area (Å²) in [5.74, 6) is 0.751. The van der Waals surface area contributed by atoms with Gasteiger partial charge in [-0.3, -0.25) is 4.79 Å². The van der Waals surface area contributed by atoms with E-state index in [1.165, 1.54) is 12.0 Å². The van der Waals surface area contributed by atoms with Crippen LogP contribution < -0.4 is 11.1 Å². The lowest BCUT2D eigenvalue weighted by Gasteiger charge is -2.24. The predicted molar refractivity (Wildman–Crippen MR) is 140 cm³/mol. The average Bonchev–Trinajstić information content (AvgIpc) is 3.29. The first-order chi connectivity index (χ1) is 16.9. The van der Waals surface area contributed by atoms with Crippen LogP contribution in [0, 0.1) is 11.3 Å². The number of carboxylic acid groups (broad SMARTS) is 1. The van der Waals surface area contributed by atoms with Crippen LogP contribution >= 0.6 is 0 Å². The minimum absolute atomic E-state index is 0.0791. The third-order valence-electron chi connectivity index (χ3n) is 7.07. The standard InChI is InChI=1S/C28H37N5O2/c1-19(29)14-26(30)23-5-2-4-22(15-23)24(16-27(34)35)18-33-13-11-20(17-33)7-9-25-10-8-21-6-3-12-31-28(21)32-25/h2,4-5,8,10,14-15,20,24,30H,3,6-7,9,11-13,16-18,29H2,1H3,(H,31,32)(H,34,35). The number of aryl methyl sites for hydroxylation is 2. The molecule has 0 amide bonds. The Labute approximate surface area is 208 Å². The van der Waals surface area contributed by atoms with Crippen LogP contribution in [0.15, 0.2) is 48.2 Å². The summed E-state index contributed by atoms with van der Waals surface area (Å²) in [4.78, 5) is 18.9. The van der Waals surface area contributed by atoms with Crippen LogP contribution in [0.2, 0.25) is 0 Å². The lowest BCUT2D eigenvalue weighted by molar-refractivity contribution is -0.137. The second kappa shape index (κ2) is 11.5. The number of hydrogen-bond donors (Lipinski definition) is 4. The number of anilines is 1. The van der Waals surface area contributed by atoms with Crippen LogP contribution in [0.3, 0.4) is 0 Å². The van der Waals surface area contributed by atoms with E-state index in [2.05, 4.69) is 22.3 Å². The van der Waals surface area contributed by atoms with Crippen LogP contribution in [0.25, 0.3) is 0 Å². The van der Waals surface area contributed by atoms with Crippen molar-refractivity contribution in [2.45, 2.75) is 51.4 Å². The highest BCUT2D eigenvalue weighted by atomic mass is 16.4. The Morgan fingerprint density at radius 1 is 1.37 bits per heavy atom. The molecule has 0 spiro atoms. The van der Waals surface area contributed by atoms with Gasteiger partial charge in [0.2, 0.25) is 0 Å². The summed E-state index contributed by atoms with van der Waals surface area (Å²) in [6.45, 7) is 5.46. The van der Waals surface area contributed by atoms with Gasteiger partial charge in [-0.15, -0.1) is 0 Å². The van der Waals surface area contributed by atoms with Crippen LogP contribution in [0.5, 0.6) is 0 Å². The van der Waals surface area contributed by atoms with Gasteiger partial charge in [0.05, 0.1) is 12.1 Å². The van der Waals surface area contributed by atoms with E-state index in [1.807, 2.05) is 24.3 Å². The number of pyridine rings is 1. The summed E-state index contributed by atoms with van der Waals surface area (Å²) in [5, 5.41) is 21.3. The number of carbonyl (C=O) groups is 1. The summed E-state index contributed by atoms with van der Waals surface area (Å²) in [5.41, 5.74) is 10.9. The third-order valence-corrected chi connectivity index (χ3v) is 7.07. The molecule has 2 aliphatic rings. The zero-order valence-electron chi connectivity index (χ0n) is 20.6. The Bertz CT molecular complexity index is 1090. The van der Waals surface area contributed by atoms with Crippen molar-refractivity contribution < 1.29 is 9.90 Å². The minimum atomic E-state index is -0.795. The highest BCUT2D eigenvalue weighted by Gasteiger charge is 2.27. The molecule has 0 radical (unpaired) electrons. The number of benzene rings is 1. The second-order valence-electron chi connectivity index (χ2n) is 10.0. The number of rotatable bonds is 10. The molecular weight excluding hydrogens is 438 g/mol. The summed E-state index contributed by atoms with van der Waals surface area (Å²) in [6, 6.07) is 12.1. The van der Waals surface area contributed by atoms with E-state index >= 15 is 0 Å². The van der Waals surface area contributed by atoms with Crippen molar-refractivity contribution in [2.24, 2.45) is 11.7 Å². The van der Waals surface area contributed by atoms with E-state index < -0.39 is 5.97 Å². The molecular formula is C28H37N5O2. The lowest BCUT2D eigenvalue weighted by atomic mass is 9.92. The molecule has 2 unspecified atom stereocenters. The highest BCUT2D eigenvalue weighted by molar-refractivity contribution is 6.06. The minimum Gasteiger partial charge on any atom is -0.481 e. The SMILES string of the molecule is CC(N)=CC(=N)c1cccc(C(CC(=O)O)CN2CCC(CCc3ccc4c(n3)NCCC4)C2)c1. The number of hydrogen-bond acceptors (Lipinski definition) is 6. The van der Waals surface area contributed by atoms with Crippen molar-refractivity contribution in [3.05, 3.63) is 70.6 Å². The van der Waals surface area contributed by atoms with E-state index in [9.17, 15) is 9.90 Å². The van der Waals surface area contributed by atoms with Crippen molar-refractivity contribution >= 4 is 17.5 Å². The number of nitrogens with one attached hydrogen (secondary N) is 2. The van der Waals surface area contributed by atoms with E-state index in [-0.39, 0.29) is 12.3 Å². The van der Waals surface area contributed by atoms with Gasteiger partial charge in [-0.25, -0.2) is 4.98 Å². The number of carboxylic acids is 1. The zero-order valence-corrected chi connectivity index (χ0v) is 20.6. The first kappa shape index (κ1) is 24.9.